The second-order valence-electron chi connectivity index (χ2n) is 4.82. The average molecular weight is 330 g/mol. The van der Waals surface area contributed by atoms with E-state index in [1.807, 2.05) is 0 Å². The lowest BCUT2D eigenvalue weighted by Crippen LogP contribution is -2.42. The van der Waals surface area contributed by atoms with E-state index >= 15 is 0 Å². The van der Waals surface area contributed by atoms with Gasteiger partial charge in [-0.3, -0.25) is 9.32 Å². The summed E-state index contributed by atoms with van der Waals surface area (Å²) in [7, 11) is 1.53. The molecule has 8 heteroatoms. The number of rotatable bonds is 4. The zero-order valence-corrected chi connectivity index (χ0v) is 12.6. The molecule has 0 aliphatic rings. The zero-order chi connectivity index (χ0) is 17.1. The molecule has 1 amide bonds. The van der Waals surface area contributed by atoms with Crippen LogP contribution in [-0.4, -0.2) is 18.3 Å². The number of ether oxygens (including phenoxy) is 1. The van der Waals surface area contributed by atoms with Crippen LogP contribution in [0.3, 0.4) is 0 Å². The highest BCUT2D eigenvalue weighted by Crippen LogP contribution is 2.12. The minimum Gasteiger partial charge on any atom is -0.497 e. The molecule has 1 aromatic heterocycles. The third-order valence-electron chi connectivity index (χ3n) is 3.29. The van der Waals surface area contributed by atoms with Crippen LogP contribution in [-0.2, 0) is 0 Å². The lowest BCUT2D eigenvalue weighted by molar-refractivity contribution is -0.672. The number of halogens is 1. The van der Waals surface area contributed by atoms with Crippen molar-refractivity contribution >= 4 is 11.6 Å². The van der Waals surface area contributed by atoms with E-state index in [9.17, 15) is 14.0 Å². The van der Waals surface area contributed by atoms with Crippen molar-refractivity contribution in [3.05, 3.63) is 70.5 Å². The van der Waals surface area contributed by atoms with Crippen molar-refractivity contribution in [2.75, 3.05) is 12.4 Å². The Labute approximate surface area is 135 Å². The topological polar surface area (TPSA) is 88.2 Å². The van der Waals surface area contributed by atoms with E-state index in [0.29, 0.717) is 17.1 Å². The molecule has 0 saturated carbocycles. The fourth-order valence-corrected chi connectivity index (χ4v) is 2.10. The number of amides is 1. The van der Waals surface area contributed by atoms with Crippen LogP contribution in [0.2, 0.25) is 0 Å². The normalized spacial score (nSPS) is 10.4. The molecule has 0 atom stereocenters. The molecule has 3 aromatic rings. The van der Waals surface area contributed by atoms with Crippen molar-refractivity contribution < 1.29 is 23.1 Å². The smallest absolute Gasteiger partial charge is 0.441 e. The third kappa shape index (κ3) is 3.02. The molecule has 2 aromatic carbocycles. The molecular formula is C16H13FN3O4+. The van der Waals surface area contributed by atoms with Crippen LogP contribution in [0.15, 0.2) is 57.8 Å². The molecule has 122 valence electrons. The maximum atomic E-state index is 12.9. The first kappa shape index (κ1) is 15.5. The molecule has 0 aliphatic heterocycles. The third-order valence-corrected chi connectivity index (χ3v) is 3.29. The van der Waals surface area contributed by atoms with Gasteiger partial charge >= 0.3 is 17.2 Å². The Morgan fingerprint density at radius 3 is 2.46 bits per heavy atom. The Morgan fingerprint density at radius 1 is 1.17 bits per heavy atom. The highest BCUT2D eigenvalue weighted by molar-refractivity contribution is 6.01. The van der Waals surface area contributed by atoms with Gasteiger partial charge in [0.1, 0.15) is 11.6 Å². The predicted molar refractivity (Wildman–Crippen MR) is 81.8 cm³/mol. The Hall–Kier alpha value is -3.42. The van der Waals surface area contributed by atoms with Crippen LogP contribution >= 0.6 is 0 Å². The summed E-state index contributed by atoms with van der Waals surface area (Å²) in [5, 5.41) is 4.89. The molecule has 24 heavy (non-hydrogen) atoms. The number of carbonyl (C=O) groups excluding carboxylic acids is 1. The summed E-state index contributed by atoms with van der Waals surface area (Å²) in [4.78, 5) is 24.2. The van der Waals surface area contributed by atoms with Crippen molar-refractivity contribution in [3.8, 4) is 11.4 Å². The molecule has 0 bridgehead atoms. The molecule has 0 aliphatic carbocycles. The summed E-state index contributed by atoms with van der Waals surface area (Å²) in [6.07, 6.45) is 0. The Balaban J connectivity index is 1.92. The number of H-pyrrole nitrogens is 1. The van der Waals surface area contributed by atoms with Gasteiger partial charge in [-0.2, -0.15) is 0 Å². The van der Waals surface area contributed by atoms with Gasteiger partial charge in [0.25, 0.3) is 0 Å². The van der Waals surface area contributed by atoms with Gasteiger partial charge in [-0.15, -0.1) is 0 Å². The van der Waals surface area contributed by atoms with Crippen LogP contribution in [0, 0.1) is 5.82 Å². The molecular weight excluding hydrogens is 317 g/mol. The van der Waals surface area contributed by atoms with E-state index in [-0.39, 0.29) is 5.69 Å². The molecule has 0 unspecified atom stereocenters. The SMILES string of the molecule is COc1ccc(-[n+]2[nH]oc(=O)c2C(=O)Nc2ccc(F)cc2)cc1. The molecule has 0 radical (unpaired) electrons. The monoisotopic (exact) mass is 330 g/mol. The van der Waals surface area contributed by atoms with Gasteiger partial charge in [-0.1, -0.05) is 0 Å². The summed E-state index contributed by atoms with van der Waals surface area (Å²) < 4.78 is 23.9. The van der Waals surface area contributed by atoms with Gasteiger partial charge in [0.2, 0.25) is 5.69 Å². The number of aromatic nitrogens is 2. The fraction of sp³-hybridized carbons (Fsp3) is 0.0625. The van der Waals surface area contributed by atoms with E-state index in [2.05, 4.69) is 10.6 Å². The van der Waals surface area contributed by atoms with Crippen LogP contribution in [0.5, 0.6) is 5.75 Å². The molecule has 0 saturated heterocycles. The first-order valence-electron chi connectivity index (χ1n) is 6.93. The predicted octanol–water partition coefficient (Wildman–Crippen LogP) is 1.64. The van der Waals surface area contributed by atoms with E-state index in [1.165, 1.54) is 36.1 Å². The Bertz CT molecular complexity index is 914. The minimum absolute atomic E-state index is 0.246. The largest absolute Gasteiger partial charge is 0.497 e. The van der Waals surface area contributed by atoms with Gasteiger partial charge in [0, 0.05) is 17.8 Å². The van der Waals surface area contributed by atoms with Crippen LogP contribution in [0.25, 0.3) is 5.69 Å². The van der Waals surface area contributed by atoms with Gasteiger partial charge in [-0.05, 0) is 46.4 Å². The van der Waals surface area contributed by atoms with Gasteiger partial charge < -0.3 is 10.1 Å². The maximum absolute atomic E-state index is 12.9. The maximum Gasteiger partial charge on any atom is 0.441 e. The first-order valence-corrected chi connectivity index (χ1v) is 6.93. The fourth-order valence-electron chi connectivity index (χ4n) is 2.10. The first-order chi connectivity index (χ1) is 11.6. The summed E-state index contributed by atoms with van der Waals surface area (Å²) in [5.74, 6) is -0.489. The number of hydrogen-bond acceptors (Lipinski definition) is 4. The number of hydrogen-bond donors (Lipinski definition) is 2. The van der Waals surface area contributed by atoms with Crippen molar-refractivity contribution in [1.82, 2.24) is 5.27 Å². The molecule has 2 N–H and O–H groups in total. The molecule has 0 spiro atoms. The molecule has 0 fully saturated rings. The number of aromatic amines is 1. The van der Waals surface area contributed by atoms with Crippen LogP contribution in [0.4, 0.5) is 10.1 Å². The standard InChI is InChI=1S/C16H12FN3O4/c1-23-13-8-6-12(7-9-13)20-14(16(22)24-19-20)15(21)18-11-4-2-10(17)3-5-11/h2-9H,1H3,(H-,18,19,21,22)/p+1. The second kappa shape index (κ2) is 6.37. The van der Waals surface area contributed by atoms with E-state index in [0.717, 1.165) is 0 Å². The lowest BCUT2D eigenvalue weighted by Gasteiger charge is -2.01. The number of anilines is 1. The summed E-state index contributed by atoms with van der Waals surface area (Å²) in [5.41, 5.74) is -0.218. The van der Waals surface area contributed by atoms with E-state index in [4.69, 9.17) is 9.26 Å². The summed E-state index contributed by atoms with van der Waals surface area (Å²) in [6, 6.07) is 11.8. The van der Waals surface area contributed by atoms with Crippen molar-refractivity contribution in [2.24, 2.45) is 0 Å². The van der Waals surface area contributed by atoms with Crippen LogP contribution in [0.1, 0.15) is 10.5 Å². The lowest BCUT2D eigenvalue weighted by atomic mass is 10.2. The second-order valence-corrected chi connectivity index (χ2v) is 4.82. The van der Waals surface area contributed by atoms with Gasteiger partial charge in [0.05, 0.1) is 7.11 Å². The number of methoxy groups -OCH3 is 1. The van der Waals surface area contributed by atoms with Crippen molar-refractivity contribution in [2.45, 2.75) is 0 Å². The number of nitrogens with zero attached hydrogens (tertiary/aromatic N) is 1. The Morgan fingerprint density at radius 2 is 1.83 bits per heavy atom. The van der Waals surface area contributed by atoms with Crippen molar-refractivity contribution in [3.63, 3.8) is 0 Å². The average Bonchev–Trinajstić information content (AvgIpc) is 2.98. The zero-order valence-electron chi connectivity index (χ0n) is 12.6. The summed E-state index contributed by atoms with van der Waals surface area (Å²) >= 11 is 0. The summed E-state index contributed by atoms with van der Waals surface area (Å²) in [6.45, 7) is 0. The van der Waals surface area contributed by atoms with Crippen LogP contribution < -0.4 is 20.4 Å². The number of benzene rings is 2. The molecule has 3 rings (SSSR count). The van der Waals surface area contributed by atoms with E-state index < -0.39 is 17.3 Å². The Kier molecular flexibility index (Phi) is 4.11. The minimum atomic E-state index is -0.828. The number of nitrogens with one attached hydrogen (secondary N) is 2. The highest BCUT2D eigenvalue weighted by Gasteiger charge is 2.30. The van der Waals surface area contributed by atoms with Crippen molar-refractivity contribution in [1.29, 1.82) is 0 Å². The van der Waals surface area contributed by atoms with E-state index in [1.54, 1.807) is 24.3 Å². The van der Waals surface area contributed by atoms with Gasteiger partial charge in [0.15, 0.2) is 0 Å². The molecule has 7 nitrogen and oxygen atoms in total. The quantitative estimate of drug-likeness (QED) is 0.712. The number of carbonyl (C=O) groups is 1. The highest BCUT2D eigenvalue weighted by atomic mass is 19.1. The molecule has 1 heterocycles. The van der Waals surface area contributed by atoms with Gasteiger partial charge in [-0.25, -0.2) is 9.18 Å².